The van der Waals surface area contributed by atoms with Gasteiger partial charge in [0.25, 0.3) is 0 Å². The van der Waals surface area contributed by atoms with Gasteiger partial charge in [-0.3, -0.25) is 9.78 Å². The number of aromatic hydroxyl groups is 1. The van der Waals surface area contributed by atoms with Crippen LogP contribution in [-0.4, -0.2) is 33.1 Å². The monoisotopic (exact) mass is 329 g/mol. The first-order chi connectivity index (χ1) is 11.5. The molecule has 0 unspecified atom stereocenters. The molecule has 5 heteroatoms. The minimum atomic E-state index is -0.312. The van der Waals surface area contributed by atoms with Gasteiger partial charge in [-0.25, -0.2) is 0 Å². The summed E-state index contributed by atoms with van der Waals surface area (Å²) in [4.78, 5) is 18.0. The zero-order chi connectivity index (χ0) is 17.5. The van der Waals surface area contributed by atoms with Gasteiger partial charge in [0.05, 0.1) is 6.20 Å². The number of aryl methyl sites for hydroxylation is 1. The van der Waals surface area contributed by atoms with Gasteiger partial charge in [0.15, 0.2) is 5.75 Å². The molecule has 130 valence electrons. The highest BCUT2D eigenvalue weighted by molar-refractivity contribution is 5.20. The quantitative estimate of drug-likeness (QED) is 0.809. The molecule has 0 radical (unpaired) electrons. The summed E-state index contributed by atoms with van der Waals surface area (Å²) >= 11 is 0. The first kappa shape index (κ1) is 18.2. The van der Waals surface area contributed by atoms with Crippen molar-refractivity contribution in [1.29, 1.82) is 0 Å². The molecule has 2 heterocycles. The van der Waals surface area contributed by atoms with Crippen molar-refractivity contribution in [3.05, 3.63) is 58.3 Å². The topological polar surface area (TPSA) is 58.4 Å². The van der Waals surface area contributed by atoms with Crippen LogP contribution in [0.5, 0.6) is 5.75 Å². The normalized spacial score (nSPS) is 11.4. The first-order valence-corrected chi connectivity index (χ1v) is 8.45. The van der Waals surface area contributed by atoms with E-state index >= 15 is 0 Å². The van der Waals surface area contributed by atoms with Gasteiger partial charge < -0.3 is 14.6 Å². The predicted molar refractivity (Wildman–Crippen MR) is 96.1 cm³/mol. The summed E-state index contributed by atoms with van der Waals surface area (Å²) in [6.07, 6.45) is 7.12. The highest BCUT2D eigenvalue weighted by Gasteiger charge is 2.09. The van der Waals surface area contributed by atoms with Crippen LogP contribution in [0.2, 0.25) is 0 Å². The maximum absolute atomic E-state index is 11.8. The standard InChI is InChI=1S/C19H27N3O2/c1-15(2)6-11-22-14-19(24)18(23)12-17(22)13-21(3)10-7-16-4-8-20-9-5-16/h4-5,8-9,12,14-15,24H,6-7,10-11,13H2,1-3H3. The fourth-order valence-electron chi connectivity index (χ4n) is 2.57. The highest BCUT2D eigenvalue weighted by Crippen LogP contribution is 2.11. The van der Waals surface area contributed by atoms with E-state index < -0.39 is 0 Å². The molecule has 0 aliphatic heterocycles. The van der Waals surface area contributed by atoms with Gasteiger partial charge in [0.1, 0.15) is 0 Å². The van der Waals surface area contributed by atoms with E-state index in [0.29, 0.717) is 12.5 Å². The third kappa shape index (κ3) is 5.49. The predicted octanol–water partition coefficient (Wildman–Crippen LogP) is 2.67. The zero-order valence-electron chi connectivity index (χ0n) is 14.8. The van der Waals surface area contributed by atoms with Crippen molar-refractivity contribution >= 4 is 0 Å². The van der Waals surface area contributed by atoms with Crippen LogP contribution >= 0.6 is 0 Å². The van der Waals surface area contributed by atoms with Crippen LogP contribution in [0.25, 0.3) is 0 Å². The molecule has 2 aromatic rings. The van der Waals surface area contributed by atoms with Crippen LogP contribution < -0.4 is 5.43 Å². The lowest BCUT2D eigenvalue weighted by molar-refractivity contribution is 0.317. The van der Waals surface area contributed by atoms with Crippen molar-refractivity contribution in [2.75, 3.05) is 13.6 Å². The van der Waals surface area contributed by atoms with Crippen LogP contribution in [0.4, 0.5) is 0 Å². The molecule has 0 fully saturated rings. The lowest BCUT2D eigenvalue weighted by Crippen LogP contribution is -2.25. The van der Waals surface area contributed by atoms with Crippen LogP contribution in [0.3, 0.4) is 0 Å². The van der Waals surface area contributed by atoms with E-state index in [-0.39, 0.29) is 11.2 Å². The molecule has 1 N–H and O–H groups in total. The SMILES string of the molecule is CC(C)CCn1cc(O)c(=O)cc1CN(C)CCc1ccncc1. The van der Waals surface area contributed by atoms with Crippen LogP contribution in [0.1, 0.15) is 31.5 Å². The second-order valence-electron chi connectivity index (χ2n) is 6.73. The molecule has 0 bridgehead atoms. The number of rotatable bonds is 8. The fraction of sp³-hybridized carbons (Fsp3) is 0.474. The Bertz CT molecular complexity index is 696. The number of likely N-dealkylation sites (N-methyl/N-ethyl adjacent to an activating group) is 1. The molecule has 0 atom stereocenters. The van der Waals surface area contributed by atoms with Crippen molar-refractivity contribution in [2.45, 2.75) is 39.8 Å². The summed E-state index contributed by atoms with van der Waals surface area (Å²) in [5.74, 6) is 0.394. The van der Waals surface area contributed by atoms with E-state index in [1.54, 1.807) is 24.7 Å². The molecule has 0 amide bonds. The average Bonchev–Trinajstić information content (AvgIpc) is 2.55. The van der Waals surface area contributed by atoms with E-state index in [4.69, 9.17) is 0 Å². The second-order valence-corrected chi connectivity index (χ2v) is 6.73. The molecule has 0 saturated carbocycles. The van der Waals surface area contributed by atoms with Crippen molar-refractivity contribution in [3.8, 4) is 5.75 Å². The molecule has 2 aromatic heterocycles. The largest absolute Gasteiger partial charge is 0.503 e. The van der Waals surface area contributed by atoms with Gasteiger partial charge >= 0.3 is 0 Å². The third-order valence-corrected chi connectivity index (χ3v) is 4.11. The molecule has 2 rings (SSSR count). The molecular formula is C19H27N3O2. The average molecular weight is 329 g/mol. The number of aromatic nitrogens is 2. The Morgan fingerprint density at radius 1 is 1.29 bits per heavy atom. The van der Waals surface area contributed by atoms with E-state index in [1.807, 2.05) is 23.7 Å². The fourth-order valence-corrected chi connectivity index (χ4v) is 2.57. The van der Waals surface area contributed by atoms with Gasteiger partial charge in [-0.2, -0.15) is 0 Å². The summed E-state index contributed by atoms with van der Waals surface area (Å²) in [5.41, 5.74) is 1.88. The lowest BCUT2D eigenvalue weighted by atomic mass is 10.1. The number of nitrogens with zero attached hydrogens (tertiary/aromatic N) is 3. The summed E-state index contributed by atoms with van der Waals surface area (Å²) in [7, 11) is 2.05. The van der Waals surface area contributed by atoms with Crippen LogP contribution in [0, 0.1) is 5.92 Å². The molecular weight excluding hydrogens is 302 g/mol. The minimum Gasteiger partial charge on any atom is -0.503 e. The zero-order valence-corrected chi connectivity index (χ0v) is 14.8. The summed E-state index contributed by atoms with van der Waals surface area (Å²) in [5, 5.41) is 9.72. The summed E-state index contributed by atoms with van der Waals surface area (Å²) in [6, 6.07) is 5.60. The molecule has 0 aliphatic rings. The minimum absolute atomic E-state index is 0.179. The number of pyridine rings is 2. The van der Waals surface area contributed by atoms with Gasteiger partial charge in [0.2, 0.25) is 5.43 Å². The maximum Gasteiger partial charge on any atom is 0.223 e. The van der Waals surface area contributed by atoms with Crippen molar-refractivity contribution in [2.24, 2.45) is 5.92 Å². The molecule has 5 nitrogen and oxygen atoms in total. The smallest absolute Gasteiger partial charge is 0.223 e. The maximum atomic E-state index is 11.8. The van der Waals surface area contributed by atoms with Gasteiger partial charge in [0, 0.05) is 43.8 Å². The Kier molecular flexibility index (Phi) is 6.55. The van der Waals surface area contributed by atoms with Crippen molar-refractivity contribution in [1.82, 2.24) is 14.5 Å². The Balaban J connectivity index is 2.03. The first-order valence-electron chi connectivity index (χ1n) is 8.45. The van der Waals surface area contributed by atoms with Crippen molar-refractivity contribution < 1.29 is 5.11 Å². The Morgan fingerprint density at radius 3 is 2.67 bits per heavy atom. The van der Waals surface area contributed by atoms with E-state index in [2.05, 4.69) is 23.7 Å². The molecule has 0 aliphatic carbocycles. The summed E-state index contributed by atoms with van der Waals surface area (Å²) in [6.45, 7) is 6.72. The lowest BCUT2D eigenvalue weighted by Gasteiger charge is -2.21. The summed E-state index contributed by atoms with van der Waals surface area (Å²) < 4.78 is 2.00. The van der Waals surface area contributed by atoms with Crippen LogP contribution in [-0.2, 0) is 19.5 Å². The molecule has 0 spiro atoms. The van der Waals surface area contributed by atoms with Gasteiger partial charge in [-0.1, -0.05) is 13.8 Å². The van der Waals surface area contributed by atoms with Gasteiger partial charge in [-0.05, 0) is 43.5 Å². The third-order valence-electron chi connectivity index (χ3n) is 4.11. The molecule has 24 heavy (non-hydrogen) atoms. The van der Waals surface area contributed by atoms with E-state index in [1.165, 1.54) is 5.56 Å². The highest BCUT2D eigenvalue weighted by atomic mass is 16.3. The van der Waals surface area contributed by atoms with E-state index in [9.17, 15) is 9.90 Å². The Morgan fingerprint density at radius 2 is 2.00 bits per heavy atom. The van der Waals surface area contributed by atoms with Crippen molar-refractivity contribution in [3.63, 3.8) is 0 Å². The van der Waals surface area contributed by atoms with Gasteiger partial charge in [-0.15, -0.1) is 0 Å². The number of hydrogen-bond acceptors (Lipinski definition) is 4. The Labute approximate surface area is 143 Å². The second kappa shape index (κ2) is 8.64. The Hall–Kier alpha value is -2.14. The molecule has 0 aromatic carbocycles. The molecule has 0 saturated heterocycles. The van der Waals surface area contributed by atoms with E-state index in [0.717, 1.165) is 31.6 Å². The van der Waals surface area contributed by atoms with Crippen LogP contribution in [0.15, 0.2) is 41.6 Å². The number of hydrogen-bond donors (Lipinski definition) is 1.